The van der Waals surface area contributed by atoms with E-state index < -0.39 is 30.2 Å². The molecule has 0 amide bonds. The van der Waals surface area contributed by atoms with Crippen molar-refractivity contribution in [1.29, 1.82) is 0 Å². The number of alkyl halides is 6. The molecule has 1 aliphatic heterocycles. The smallest absolute Gasteiger partial charge is 0.430 e. The maximum absolute atomic E-state index is 13.7. The first-order valence-electron chi connectivity index (χ1n) is 13.6. The standard InChI is InChI=1S/C31H36F6O5/c1-6-28(7-2,24-10-12-26(21(4)17-24)40-18-25-11-13-27(38)42-25)23-9-8-22(20(3)16-23)14-15-29(30(32,33)34,31(35,36)37)41-19-39-5/h8-10,12,14-17,25H,6-7,11,13,18-19H2,1-5H3/t25-/m1/s1. The number of benzene rings is 2. The summed E-state index contributed by atoms with van der Waals surface area (Å²) in [6.07, 6.45) is -8.68. The average molecular weight is 603 g/mol. The average Bonchev–Trinajstić information content (AvgIpc) is 3.33. The zero-order valence-electron chi connectivity index (χ0n) is 24.2. The zero-order valence-corrected chi connectivity index (χ0v) is 24.2. The van der Waals surface area contributed by atoms with Crippen molar-refractivity contribution < 1.29 is 50.1 Å². The third-order valence-corrected chi connectivity index (χ3v) is 7.89. The molecule has 2 aromatic carbocycles. The number of rotatable bonds is 12. The first kappa shape index (κ1) is 33.5. The molecule has 232 valence electrons. The third kappa shape index (κ3) is 6.78. The first-order valence-corrected chi connectivity index (χ1v) is 13.6. The van der Waals surface area contributed by atoms with E-state index >= 15 is 0 Å². The molecular formula is C31H36F6O5. The van der Waals surface area contributed by atoms with Crippen molar-refractivity contribution in [3.63, 3.8) is 0 Å². The highest BCUT2D eigenvalue weighted by Crippen LogP contribution is 2.47. The summed E-state index contributed by atoms with van der Waals surface area (Å²) < 4.78 is 102. The van der Waals surface area contributed by atoms with Gasteiger partial charge in [-0.3, -0.25) is 4.79 Å². The summed E-state index contributed by atoms with van der Waals surface area (Å²) in [5, 5.41) is 0. The lowest BCUT2D eigenvalue weighted by Crippen LogP contribution is -2.57. The van der Waals surface area contributed by atoms with Crippen LogP contribution in [0, 0.1) is 13.8 Å². The Morgan fingerprint density at radius 3 is 2.00 bits per heavy atom. The lowest BCUT2D eigenvalue weighted by molar-refractivity contribution is -0.372. The van der Waals surface area contributed by atoms with E-state index in [9.17, 15) is 31.1 Å². The number of hydrogen-bond acceptors (Lipinski definition) is 5. The Balaban J connectivity index is 1.93. The second-order valence-electron chi connectivity index (χ2n) is 10.4. The van der Waals surface area contributed by atoms with Crippen molar-refractivity contribution >= 4 is 12.0 Å². The van der Waals surface area contributed by atoms with Gasteiger partial charge in [-0.15, -0.1) is 0 Å². The van der Waals surface area contributed by atoms with Gasteiger partial charge < -0.3 is 18.9 Å². The summed E-state index contributed by atoms with van der Waals surface area (Å²) in [6.45, 7) is 6.65. The Morgan fingerprint density at radius 1 is 0.929 bits per heavy atom. The zero-order chi connectivity index (χ0) is 31.3. The van der Waals surface area contributed by atoms with E-state index in [1.54, 1.807) is 19.1 Å². The Kier molecular flexibility index (Phi) is 10.4. The number of esters is 1. The molecule has 1 atom stereocenters. The van der Waals surface area contributed by atoms with Gasteiger partial charge in [0.15, 0.2) is 0 Å². The molecule has 1 aliphatic rings. The summed E-state index contributed by atoms with van der Waals surface area (Å²) in [6, 6.07) is 10.9. The molecule has 0 aromatic heterocycles. The Morgan fingerprint density at radius 2 is 1.52 bits per heavy atom. The van der Waals surface area contributed by atoms with Crippen LogP contribution in [0.5, 0.6) is 5.75 Å². The molecular weight excluding hydrogens is 566 g/mol. The highest BCUT2D eigenvalue weighted by molar-refractivity contribution is 5.71. The number of methoxy groups -OCH3 is 1. The molecule has 1 fully saturated rings. The maximum atomic E-state index is 13.7. The molecule has 42 heavy (non-hydrogen) atoms. The van der Waals surface area contributed by atoms with Crippen LogP contribution in [0.15, 0.2) is 42.5 Å². The van der Waals surface area contributed by atoms with Gasteiger partial charge in [0.2, 0.25) is 0 Å². The van der Waals surface area contributed by atoms with Crippen LogP contribution < -0.4 is 4.74 Å². The van der Waals surface area contributed by atoms with Gasteiger partial charge in [-0.05, 0) is 73.1 Å². The van der Waals surface area contributed by atoms with Gasteiger partial charge >= 0.3 is 18.3 Å². The lowest BCUT2D eigenvalue weighted by Gasteiger charge is -2.35. The Hall–Kier alpha value is -3.05. The molecule has 1 heterocycles. The predicted octanol–water partition coefficient (Wildman–Crippen LogP) is 7.99. The van der Waals surface area contributed by atoms with E-state index in [-0.39, 0.29) is 30.3 Å². The van der Waals surface area contributed by atoms with Crippen LogP contribution in [0.4, 0.5) is 26.3 Å². The minimum Gasteiger partial charge on any atom is -0.489 e. The number of halogens is 6. The van der Waals surface area contributed by atoms with Crippen molar-refractivity contribution in [2.24, 2.45) is 0 Å². The van der Waals surface area contributed by atoms with E-state index in [1.807, 2.05) is 39.0 Å². The predicted molar refractivity (Wildman–Crippen MR) is 145 cm³/mol. The van der Waals surface area contributed by atoms with Crippen molar-refractivity contribution in [3.8, 4) is 5.75 Å². The first-order chi connectivity index (χ1) is 19.6. The topological polar surface area (TPSA) is 54.0 Å². The van der Waals surface area contributed by atoms with E-state index in [0.29, 0.717) is 37.0 Å². The highest BCUT2D eigenvalue weighted by Gasteiger charge is 2.71. The minimum absolute atomic E-state index is 0.00444. The van der Waals surface area contributed by atoms with Crippen molar-refractivity contribution in [3.05, 3.63) is 70.3 Å². The molecule has 0 N–H and O–H groups in total. The molecule has 1 saturated heterocycles. The van der Waals surface area contributed by atoms with Crippen molar-refractivity contribution in [2.75, 3.05) is 20.5 Å². The van der Waals surface area contributed by atoms with Crippen LogP contribution in [-0.2, 0) is 24.4 Å². The number of ether oxygens (including phenoxy) is 4. The second-order valence-corrected chi connectivity index (χ2v) is 10.4. The monoisotopic (exact) mass is 602 g/mol. The van der Waals surface area contributed by atoms with E-state index in [0.717, 1.165) is 29.9 Å². The summed E-state index contributed by atoms with van der Waals surface area (Å²) in [7, 11) is 0.939. The third-order valence-electron chi connectivity index (χ3n) is 7.89. The summed E-state index contributed by atoms with van der Waals surface area (Å²) in [5.41, 5.74) is -1.56. The van der Waals surface area contributed by atoms with Crippen LogP contribution in [0.3, 0.4) is 0 Å². The summed E-state index contributed by atoms with van der Waals surface area (Å²) in [4.78, 5) is 11.3. The normalized spacial score (nSPS) is 16.7. The maximum Gasteiger partial charge on any atom is 0.430 e. The summed E-state index contributed by atoms with van der Waals surface area (Å²) in [5.74, 6) is 0.426. The molecule has 2 aromatic rings. The number of carbonyl (C=O) groups excluding carboxylic acids is 1. The number of cyclic esters (lactones) is 1. The highest BCUT2D eigenvalue weighted by atomic mass is 19.4. The van der Waals surface area contributed by atoms with Gasteiger partial charge in [-0.2, -0.15) is 26.3 Å². The van der Waals surface area contributed by atoms with Gasteiger partial charge in [-0.1, -0.05) is 50.3 Å². The van der Waals surface area contributed by atoms with Crippen LogP contribution >= 0.6 is 0 Å². The molecule has 0 radical (unpaired) electrons. The van der Waals surface area contributed by atoms with Gasteiger partial charge in [-0.25, -0.2) is 0 Å². The van der Waals surface area contributed by atoms with Crippen LogP contribution in [-0.4, -0.2) is 50.5 Å². The molecule has 0 unspecified atom stereocenters. The molecule has 0 bridgehead atoms. The van der Waals surface area contributed by atoms with Crippen molar-refractivity contribution in [1.82, 2.24) is 0 Å². The van der Waals surface area contributed by atoms with Gasteiger partial charge in [0.1, 0.15) is 25.3 Å². The Labute approximate surface area is 241 Å². The number of hydrogen-bond donors (Lipinski definition) is 0. The minimum atomic E-state index is -5.77. The lowest BCUT2D eigenvalue weighted by atomic mass is 9.70. The quantitative estimate of drug-likeness (QED) is 0.140. The fourth-order valence-electron chi connectivity index (χ4n) is 5.31. The number of carbonyl (C=O) groups is 1. The SMILES string of the molecule is CCC(CC)(c1ccc(C=CC(OCOC)(C(F)(F)F)C(F)(F)F)c(C)c1)c1ccc(OC[C@H]2CCC(=O)O2)c(C)c1. The largest absolute Gasteiger partial charge is 0.489 e. The summed E-state index contributed by atoms with van der Waals surface area (Å²) >= 11 is 0. The Bertz CT molecular complexity index is 1250. The van der Waals surface area contributed by atoms with Gasteiger partial charge in [0, 0.05) is 18.9 Å². The van der Waals surface area contributed by atoms with E-state index in [2.05, 4.69) is 9.47 Å². The number of aryl methyl sites for hydroxylation is 2. The molecule has 0 aliphatic carbocycles. The van der Waals surface area contributed by atoms with Crippen LogP contribution in [0.25, 0.3) is 6.08 Å². The molecule has 0 spiro atoms. The molecule has 3 rings (SSSR count). The van der Waals surface area contributed by atoms with Gasteiger partial charge in [0.25, 0.3) is 5.60 Å². The van der Waals surface area contributed by atoms with Crippen LogP contribution in [0.2, 0.25) is 0 Å². The molecule has 0 saturated carbocycles. The van der Waals surface area contributed by atoms with E-state index in [4.69, 9.17) is 9.47 Å². The second kappa shape index (κ2) is 13.1. The van der Waals surface area contributed by atoms with Crippen LogP contribution in [0.1, 0.15) is 67.3 Å². The van der Waals surface area contributed by atoms with Gasteiger partial charge in [0.05, 0.1) is 0 Å². The fourth-order valence-corrected chi connectivity index (χ4v) is 5.31. The fraction of sp³-hybridized carbons (Fsp3) is 0.516. The van der Waals surface area contributed by atoms with E-state index in [1.165, 1.54) is 6.07 Å². The molecule has 5 nitrogen and oxygen atoms in total. The van der Waals surface area contributed by atoms with Crippen molar-refractivity contribution in [2.45, 2.75) is 82.9 Å². The molecule has 11 heteroatoms.